The second-order valence-electron chi connectivity index (χ2n) is 7.38. The SMILES string of the molecule is Cc1ccc(S(=O)(=O)OC(C)(CC(C)C)C(=O)NOCc2ccccc2)cc1. The highest BCUT2D eigenvalue weighted by Gasteiger charge is 2.40. The predicted molar refractivity (Wildman–Crippen MR) is 107 cm³/mol. The van der Waals surface area contributed by atoms with Crippen LogP contribution < -0.4 is 5.48 Å². The third kappa shape index (κ3) is 6.15. The number of carbonyl (C=O) groups is 1. The number of hydrogen-bond donors (Lipinski definition) is 1. The van der Waals surface area contributed by atoms with Gasteiger partial charge in [0.05, 0.1) is 11.5 Å². The van der Waals surface area contributed by atoms with Crippen LogP contribution in [0.15, 0.2) is 59.5 Å². The minimum Gasteiger partial charge on any atom is -0.269 e. The lowest BCUT2D eigenvalue weighted by Gasteiger charge is -2.29. The summed E-state index contributed by atoms with van der Waals surface area (Å²) in [4.78, 5) is 18.0. The van der Waals surface area contributed by atoms with Crippen LogP contribution in [-0.4, -0.2) is 19.9 Å². The molecule has 0 saturated carbocycles. The van der Waals surface area contributed by atoms with Gasteiger partial charge in [-0.15, -0.1) is 0 Å². The van der Waals surface area contributed by atoms with Crippen molar-refractivity contribution in [2.75, 3.05) is 0 Å². The molecule has 1 unspecified atom stereocenters. The standard InChI is InChI=1S/C21H27NO5S/c1-16(2)14-21(4,20(23)22-26-15-18-8-6-5-7-9-18)27-28(24,25)19-12-10-17(3)11-13-19/h5-13,16H,14-15H2,1-4H3,(H,22,23). The summed E-state index contributed by atoms with van der Waals surface area (Å²) in [5.74, 6) is -0.620. The highest BCUT2D eigenvalue weighted by atomic mass is 32.2. The van der Waals surface area contributed by atoms with E-state index >= 15 is 0 Å². The molecule has 6 nitrogen and oxygen atoms in total. The van der Waals surface area contributed by atoms with E-state index in [1.807, 2.05) is 51.1 Å². The molecule has 7 heteroatoms. The monoisotopic (exact) mass is 405 g/mol. The van der Waals surface area contributed by atoms with Crippen LogP contribution in [0.3, 0.4) is 0 Å². The van der Waals surface area contributed by atoms with E-state index < -0.39 is 21.6 Å². The van der Waals surface area contributed by atoms with E-state index in [-0.39, 0.29) is 23.8 Å². The van der Waals surface area contributed by atoms with Crippen LogP contribution in [0.5, 0.6) is 0 Å². The number of amides is 1. The first-order chi connectivity index (χ1) is 13.1. The number of nitrogens with one attached hydrogen (secondary N) is 1. The van der Waals surface area contributed by atoms with Gasteiger partial charge < -0.3 is 0 Å². The van der Waals surface area contributed by atoms with Crippen molar-refractivity contribution in [3.8, 4) is 0 Å². The molecule has 0 spiro atoms. The normalized spacial score (nSPS) is 13.9. The van der Waals surface area contributed by atoms with Crippen molar-refractivity contribution in [1.29, 1.82) is 0 Å². The van der Waals surface area contributed by atoms with Gasteiger partial charge in [-0.25, -0.2) is 9.66 Å². The number of carbonyl (C=O) groups excluding carboxylic acids is 1. The fraction of sp³-hybridized carbons (Fsp3) is 0.381. The van der Waals surface area contributed by atoms with Crippen molar-refractivity contribution in [3.63, 3.8) is 0 Å². The lowest BCUT2D eigenvalue weighted by molar-refractivity contribution is -0.150. The third-order valence-corrected chi connectivity index (χ3v) is 5.56. The summed E-state index contributed by atoms with van der Waals surface area (Å²) in [7, 11) is -4.12. The number of hydroxylamine groups is 1. The average molecular weight is 406 g/mol. The summed E-state index contributed by atoms with van der Waals surface area (Å²) >= 11 is 0. The summed E-state index contributed by atoms with van der Waals surface area (Å²) in [5.41, 5.74) is 2.53. The van der Waals surface area contributed by atoms with Crippen LogP contribution in [-0.2, 0) is 30.5 Å². The van der Waals surface area contributed by atoms with Gasteiger partial charge in [0, 0.05) is 0 Å². The van der Waals surface area contributed by atoms with E-state index in [4.69, 9.17) is 9.02 Å². The van der Waals surface area contributed by atoms with Crippen molar-refractivity contribution in [1.82, 2.24) is 5.48 Å². The quantitative estimate of drug-likeness (QED) is 0.507. The zero-order valence-corrected chi connectivity index (χ0v) is 17.5. The Morgan fingerprint density at radius 1 is 1.07 bits per heavy atom. The topological polar surface area (TPSA) is 81.7 Å². The maximum absolute atomic E-state index is 12.7. The molecule has 0 saturated heterocycles. The van der Waals surface area contributed by atoms with Crippen molar-refractivity contribution < 1.29 is 22.2 Å². The Kier molecular flexibility index (Phi) is 7.35. The van der Waals surface area contributed by atoms with Crippen LogP contribution in [0.25, 0.3) is 0 Å². The number of benzene rings is 2. The maximum atomic E-state index is 12.7. The molecule has 0 aliphatic carbocycles. The molecule has 0 heterocycles. The Balaban J connectivity index is 2.12. The Morgan fingerprint density at radius 3 is 2.25 bits per heavy atom. The number of aryl methyl sites for hydroxylation is 1. The first-order valence-corrected chi connectivity index (χ1v) is 10.5. The van der Waals surface area contributed by atoms with Crippen LogP contribution in [0, 0.1) is 12.8 Å². The molecule has 152 valence electrons. The van der Waals surface area contributed by atoms with Crippen LogP contribution >= 0.6 is 0 Å². The summed E-state index contributed by atoms with van der Waals surface area (Å²) in [6.45, 7) is 7.25. The third-order valence-electron chi connectivity index (χ3n) is 4.13. The van der Waals surface area contributed by atoms with Crippen molar-refractivity contribution in [2.45, 2.75) is 51.2 Å². The van der Waals surface area contributed by atoms with E-state index in [9.17, 15) is 13.2 Å². The van der Waals surface area contributed by atoms with Crippen molar-refractivity contribution in [3.05, 3.63) is 65.7 Å². The molecule has 0 aliphatic rings. The molecule has 0 radical (unpaired) electrons. The van der Waals surface area contributed by atoms with Crippen molar-refractivity contribution in [2.24, 2.45) is 5.92 Å². The minimum absolute atomic E-state index is 0.00563. The van der Waals surface area contributed by atoms with Gasteiger partial charge in [-0.3, -0.25) is 9.63 Å². The molecule has 0 aromatic heterocycles. The van der Waals surface area contributed by atoms with E-state index in [2.05, 4.69) is 5.48 Å². The number of hydrogen-bond acceptors (Lipinski definition) is 5. The zero-order valence-electron chi connectivity index (χ0n) is 16.6. The second kappa shape index (κ2) is 9.32. The number of rotatable bonds is 9. The molecule has 1 amide bonds. The van der Waals surface area contributed by atoms with E-state index in [1.165, 1.54) is 19.1 Å². The molecule has 2 rings (SSSR count). The molecule has 1 atom stereocenters. The summed E-state index contributed by atoms with van der Waals surface area (Å²) in [5, 5.41) is 0. The molecule has 2 aromatic rings. The Morgan fingerprint density at radius 2 is 1.68 bits per heavy atom. The molecule has 28 heavy (non-hydrogen) atoms. The van der Waals surface area contributed by atoms with Crippen LogP contribution in [0.1, 0.15) is 38.3 Å². The highest BCUT2D eigenvalue weighted by molar-refractivity contribution is 7.86. The highest BCUT2D eigenvalue weighted by Crippen LogP contribution is 2.27. The summed E-state index contributed by atoms with van der Waals surface area (Å²) in [6.07, 6.45) is 0.207. The largest absolute Gasteiger partial charge is 0.297 e. The Bertz CT molecular complexity index is 879. The lowest BCUT2D eigenvalue weighted by Crippen LogP contribution is -2.48. The Hall–Kier alpha value is -2.22. The van der Waals surface area contributed by atoms with Gasteiger partial charge >= 0.3 is 0 Å². The van der Waals surface area contributed by atoms with Gasteiger partial charge in [-0.05, 0) is 43.9 Å². The average Bonchev–Trinajstić information content (AvgIpc) is 2.61. The molecule has 0 bridgehead atoms. The summed E-state index contributed by atoms with van der Waals surface area (Å²) in [6, 6.07) is 15.6. The molecule has 0 fully saturated rings. The minimum atomic E-state index is -4.12. The predicted octanol–water partition coefficient (Wildman–Crippen LogP) is 3.75. The van der Waals surface area contributed by atoms with E-state index in [1.54, 1.807) is 12.1 Å². The maximum Gasteiger partial charge on any atom is 0.297 e. The first kappa shape index (κ1) is 22.1. The second-order valence-corrected chi connectivity index (χ2v) is 8.93. The van der Waals surface area contributed by atoms with E-state index in [0.29, 0.717) is 0 Å². The van der Waals surface area contributed by atoms with Gasteiger partial charge in [0.15, 0.2) is 5.60 Å². The molecular formula is C21H27NO5S. The van der Waals surface area contributed by atoms with Gasteiger partial charge in [-0.2, -0.15) is 8.42 Å². The van der Waals surface area contributed by atoms with Gasteiger partial charge in [0.2, 0.25) is 0 Å². The molecule has 1 N–H and O–H groups in total. The molecule has 2 aromatic carbocycles. The van der Waals surface area contributed by atoms with Crippen LogP contribution in [0.4, 0.5) is 0 Å². The smallest absolute Gasteiger partial charge is 0.269 e. The lowest BCUT2D eigenvalue weighted by atomic mass is 9.94. The van der Waals surface area contributed by atoms with Gasteiger partial charge in [-0.1, -0.05) is 61.9 Å². The zero-order chi connectivity index (χ0) is 20.8. The van der Waals surface area contributed by atoms with E-state index in [0.717, 1.165) is 11.1 Å². The fourth-order valence-electron chi connectivity index (χ4n) is 2.81. The van der Waals surface area contributed by atoms with Crippen LogP contribution in [0.2, 0.25) is 0 Å². The van der Waals surface area contributed by atoms with Gasteiger partial charge in [0.1, 0.15) is 0 Å². The fourth-order valence-corrected chi connectivity index (χ4v) is 4.00. The van der Waals surface area contributed by atoms with Gasteiger partial charge in [0.25, 0.3) is 16.0 Å². The first-order valence-electron chi connectivity index (χ1n) is 9.11. The summed E-state index contributed by atoms with van der Waals surface area (Å²) < 4.78 is 30.8. The Labute approximate surface area is 166 Å². The molecular weight excluding hydrogens is 378 g/mol. The van der Waals surface area contributed by atoms with Crippen molar-refractivity contribution >= 4 is 16.0 Å². The molecule has 0 aliphatic heterocycles.